The molecule has 0 bridgehead atoms. The fourth-order valence-corrected chi connectivity index (χ4v) is 1.11. The maximum absolute atomic E-state index is 10.4. The molecular formula is C7H5ClN2O4. The summed E-state index contributed by atoms with van der Waals surface area (Å²) in [5.74, 6) is 0. The summed E-state index contributed by atoms with van der Waals surface area (Å²) in [4.78, 5) is 19.2. The fourth-order valence-electron chi connectivity index (χ4n) is 0.948. The van der Waals surface area contributed by atoms with Gasteiger partial charge in [-0.3, -0.25) is 20.2 Å². The zero-order valence-corrected chi connectivity index (χ0v) is 7.82. The second-order valence-electron chi connectivity index (χ2n) is 2.60. The molecule has 7 heteroatoms. The highest BCUT2D eigenvalue weighted by Gasteiger charge is 2.25. The molecule has 0 saturated heterocycles. The van der Waals surface area contributed by atoms with Crippen LogP contribution in [0.1, 0.15) is 5.56 Å². The Morgan fingerprint density at radius 2 is 1.57 bits per heavy atom. The molecule has 0 aliphatic heterocycles. The van der Waals surface area contributed by atoms with E-state index in [4.69, 9.17) is 11.6 Å². The zero-order chi connectivity index (χ0) is 10.9. The van der Waals surface area contributed by atoms with Crippen molar-refractivity contribution in [3.8, 4) is 0 Å². The summed E-state index contributed by atoms with van der Waals surface area (Å²) in [5, 5.41) is 21.0. The normalized spacial score (nSPS) is 9.86. The van der Waals surface area contributed by atoms with E-state index in [0.717, 1.165) is 12.1 Å². The van der Waals surface area contributed by atoms with Crippen molar-refractivity contribution in [1.82, 2.24) is 0 Å². The third kappa shape index (κ3) is 1.80. The summed E-state index contributed by atoms with van der Waals surface area (Å²) >= 11 is 5.61. The third-order valence-corrected chi connectivity index (χ3v) is 2.06. The van der Waals surface area contributed by atoms with E-state index in [1.165, 1.54) is 0 Å². The molecule has 1 aromatic rings. The average molecular weight is 217 g/mol. The standard InChI is InChI=1S/C7H5ClN2O4/c1-4-2-6(9(11)12)7(10(13)14)3-5(4)8/h2-3H,1H3. The molecule has 0 saturated carbocycles. The van der Waals surface area contributed by atoms with Crippen molar-refractivity contribution in [2.75, 3.05) is 0 Å². The molecule has 0 unspecified atom stereocenters. The Labute approximate surface area is 83.4 Å². The SMILES string of the molecule is Cc1cc([N+](=O)[O-])c([N+](=O)[O-])cc1Cl. The van der Waals surface area contributed by atoms with Crippen LogP contribution in [-0.2, 0) is 0 Å². The maximum atomic E-state index is 10.4. The molecule has 0 heterocycles. The average Bonchev–Trinajstić information content (AvgIpc) is 2.08. The lowest BCUT2D eigenvalue weighted by Gasteiger charge is -1.98. The van der Waals surface area contributed by atoms with Crippen LogP contribution in [0.2, 0.25) is 5.02 Å². The van der Waals surface area contributed by atoms with E-state index >= 15 is 0 Å². The van der Waals surface area contributed by atoms with Crippen LogP contribution in [0.4, 0.5) is 11.4 Å². The Morgan fingerprint density at radius 3 is 2.00 bits per heavy atom. The smallest absolute Gasteiger partial charge is 0.258 e. The number of nitro groups is 2. The Bertz CT molecular complexity index is 379. The molecule has 0 spiro atoms. The number of hydrogen-bond acceptors (Lipinski definition) is 4. The molecule has 0 fully saturated rings. The Morgan fingerprint density at radius 1 is 1.14 bits per heavy atom. The second kappa shape index (κ2) is 3.59. The summed E-state index contributed by atoms with van der Waals surface area (Å²) in [6.07, 6.45) is 0. The molecule has 6 nitrogen and oxygen atoms in total. The number of rotatable bonds is 2. The quantitative estimate of drug-likeness (QED) is 0.561. The monoisotopic (exact) mass is 216 g/mol. The molecule has 0 aromatic heterocycles. The van der Waals surface area contributed by atoms with Gasteiger partial charge >= 0.3 is 11.4 Å². The molecule has 0 amide bonds. The van der Waals surface area contributed by atoms with Gasteiger partial charge in [0.25, 0.3) is 0 Å². The predicted octanol–water partition coefficient (Wildman–Crippen LogP) is 2.46. The second-order valence-corrected chi connectivity index (χ2v) is 3.01. The molecular weight excluding hydrogens is 212 g/mol. The van der Waals surface area contributed by atoms with Crippen LogP contribution in [0.5, 0.6) is 0 Å². The number of halogens is 1. The van der Waals surface area contributed by atoms with Crippen LogP contribution in [0, 0.1) is 27.2 Å². The van der Waals surface area contributed by atoms with Crippen molar-refractivity contribution in [3.63, 3.8) is 0 Å². The number of hydrogen-bond donors (Lipinski definition) is 0. The van der Waals surface area contributed by atoms with Gasteiger partial charge in [0.05, 0.1) is 14.9 Å². The topological polar surface area (TPSA) is 86.3 Å². The van der Waals surface area contributed by atoms with Crippen molar-refractivity contribution >= 4 is 23.0 Å². The molecule has 0 atom stereocenters. The van der Waals surface area contributed by atoms with Crippen LogP contribution in [0.15, 0.2) is 12.1 Å². The van der Waals surface area contributed by atoms with Crippen molar-refractivity contribution in [1.29, 1.82) is 0 Å². The summed E-state index contributed by atoms with van der Waals surface area (Å²) in [7, 11) is 0. The highest BCUT2D eigenvalue weighted by Crippen LogP contribution is 2.31. The van der Waals surface area contributed by atoms with Gasteiger partial charge in [-0.05, 0) is 12.5 Å². The van der Waals surface area contributed by atoms with E-state index in [2.05, 4.69) is 0 Å². The van der Waals surface area contributed by atoms with Crippen molar-refractivity contribution < 1.29 is 9.85 Å². The van der Waals surface area contributed by atoms with Crippen LogP contribution >= 0.6 is 11.6 Å². The first kappa shape index (κ1) is 10.4. The number of nitrogens with zero attached hydrogens (tertiary/aromatic N) is 2. The van der Waals surface area contributed by atoms with Gasteiger partial charge in [0.15, 0.2) is 0 Å². The first-order chi connectivity index (χ1) is 6.43. The first-order valence-corrected chi connectivity index (χ1v) is 3.90. The number of nitro benzene ring substituents is 2. The minimum atomic E-state index is -0.830. The number of aryl methyl sites for hydroxylation is 1. The summed E-state index contributed by atoms with van der Waals surface area (Å²) < 4.78 is 0. The highest BCUT2D eigenvalue weighted by molar-refractivity contribution is 6.31. The van der Waals surface area contributed by atoms with E-state index < -0.39 is 21.2 Å². The van der Waals surface area contributed by atoms with E-state index in [9.17, 15) is 20.2 Å². The van der Waals surface area contributed by atoms with Gasteiger partial charge in [-0.2, -0.15) is 0 Å². The van der Waals surface area contributed by atoms with Crippen LogP contribution in [0.25, 0.3) is 0 Å². The lowest BCUT2D eigenvalue weighted by Crippen LogP contribution is -1.97. The van der Waals surface area contributed by atoms with Crippen LogP contribution in [0.3, 0.4) is 0 Å². The Hall–Kier alpha value is -1.69. The van der Waals surface area contributed by atoms with Gasteiger partial charge in [0.1, 0.15) is 0 Å². The van der Waals surface area contributed by atoms with Crippen LogP contribution in [-0.4, -0.2) is 9.85 Å². The van der Waals surface area contributed by atoms with E-state index in [0.29, 0.717) is 5.56 Å². The lowest BCUT2D eigenvalue weighted by atomic mass is 10.2. The molecule has 1 rings (SSSR count). The van der Waals surface area contributed by atoms with E-state index in [1.54, 1.807) is 6.92 Å². The molecule has 14 heavy (non-hydrogen) atoms. The van der Waals surface area contributed by atoms with E-state index in [-0.39, 0.29) is 5.02 Å². The summed E-state index contributed by atoms with van der Waals surface area (Å²) in [5.41, 5.74) is -0.702. The predicted molar refractivity (Wildman–Crippen MR) is 49.5 cm³/mol. The van der Waals surface area contributed by atoms with Gasteiger partial charge in [-0.25, -0.2) is 0 Å². The molecule has 74 valence electrons. The van der Waals surface area contributed by atoms with Gasteiger partial charge in [0, 0.05) is 12.1 Å². The molecule has 0 aliphatic rings. The fraction of sp³-hybridized carbons (Fsp3) is 0.143. The van der Waals surface area contributed by atoms with Gasteiger partial charge in [-0.15, -0.1) is 0 Å². The van der Waals surface area contributed by atoms with Crippen molar-refractivity contribution in [2.24, 2.45) is 0 Å². The van der Waals surface area contributed by atoms with Crippen molar-refractivity contribution in [3.05, 3.63) is 42.9 Å². The minimum Gasteiger partial charge on any atom is -0.258 e. The van der Waals surface area contributed by atoms with Gasteiger partial charge in [-0.1, -0.05) is 11.6 Å². The molecule has 1 aromatic carbocycles. The molecule has 0 radical (unpaired) electrons. The Balaban J connectivity index is 3.46. The first-order valence-electron chi connectivity index (χ1n) is 3.52. The summed E-state index contributed by atoms with van der Waals surface area (Å²) in [6, 6.07) is 2.06. The molecule has 0 aliphatic carbocycles. The maximum Gasteiger partial charge on any atom is 0.347 e. The Kier molecular flexibility index (Phi) is 2.66. The zero-order valence-electron chi connectivity index (χ0n) is 7.06. The third-order valence-electron chi connectivity index (χ3n) is 1.65. The van der Waals surface area contributed by atoms with Crippen LogP contribution < -0.4 is 0 Å². The lowest BCUT2D eigenvalue weighted by molar-refractivity contribution is -0.422. The van der Waals surface area contributed by atoms with Gasteiger partial charge in [0.2, 0.25) is 0 Å². The van der Waals surface area contributed by atoms with E-state index in [1.807, 2.05) is 0 Å². The minimum absolute atomic E-state index is 0.141. The van der Waals surface area contributed by atoms with Gasteiger partial charge < -0.3 is 0 Å². The van der Waals surface area contributed by atoms with Crippen molar-refractivity contribution in [2.45, 2.75) is 6.92 Å². The number of benzene rings is 1. The molecule has 0 N–H and O–H groups in total. The summed E-state index contributed by atoms with van der Waals surface area (Å²) in [6.45, 7) is 1.54. The largest absolute Gasteiger partial charge is 0.347 e. The highest BCUT2D eigenvalue weighted by atomic mass is 35.5.